The topological polar surface area (TPSA) is 29.9 Å². The minimum atomic E-state index is 0.363. The molecule has 0 fully saturated rings. The third kappa shape index (κ3) is 3.01. The molecule has 17 heavy (non-hydrogen) atoms. The largest absolute Gasteiger partial charge is 0.353 e. The predicted octanol–water partition coefficient (Wildman–Crippen LogP) is 3.41. The van der Waals surface area contributed by atoms with Crippen LogP contribution in [0, 0.1) is 0 Å². The van der Waals surface area contributed by atoms with Crippen LogP contribution in [0.15, 0.2) is 36.7 Å². The molecule has 1 aromatic carbocycles. The van der Waals surface area contributed by atoms with E-state index in [0.29, 0.717) is 6.04 Å². The van der Waals surface area contributed by atoms with Crippen LogP contribution in [0.25, 0.3) is 0 Å². The quantitative estimate of drug-likeness (QED) is 0.900. The zero-order valence-corrected chi connectivity index (χ0v) is 10.8. The van der Waals surface area contributed by atoms with E-state index in [2.05, 4.69) is 28.7 Å². The van der Waals surface area contributed by atoms with Gasteiger partial charge in [0, 0.05) is 23.5 Å². The van der Waals surface area contributed by atoms with Gasteiger partial charge in [0.25, 0.3) is 0 Å². The summed E-state index contributed by atoms with van der Waals surface area (Å²) in [5.74, 6) is 0.875. The third-order valence-corrected chi connectivity index (χ3v) is 2.80. The Morgan fingerprint density at radius 1 is 1.35 bits per heavy atom. The van der Waals surface area contributed by atoms with Crippen LogP contribution in [0.5, 0.6) is 0 Å². The average Bonchev–Trinajstić information content (AvgIpc) is 2.68. The number of imidazole rings is 1. The Labute approximate surface area is 106 Å². The van der Waals surface area contributed by atoms with Crippen LogP contribution in [0.4, 0.5) is 5.95 Å². The molecule has 0 unspecified atom stereocenters. The van der Waals surface area contributed by atoms with E-state index in [-0.39, 0.29) is 0 Å². The van der Waals surface area contributed by atoms with E-state index >= 15 is 0 Å². The lowest BCUT2D eigenvalue weighted by Gasteiger charge is -2.12. The molecule has 1 N–H and O–H groups in total. The summed E-state index contributed by atoms with van der Waals surface area (Å²) >= 11 is 6.15. The van der Waals surface area contributed by atoms with Crippen molar-refractivity contribution in [3.8, 4) is 0 Å². The summed E-state index contributed by atoms with van der Waals surface area (Å²) in [5, 5.41) is 4.09. The molecule has 4 heteroatoms. The van der Waals surface area contributed by atoms with Gasteiger partial charge in [-0.2, -0.15) is 0 Å². The van der Waals surface area contributed by atoms with Crippen molar-refractivity contribution >= 4 is 17.5 Å². The molecule has 2 rings (SSSR count). The molecule has 0 spiro atoms. The second-order valence-electron chi connectivity index (χ2n) is 4.27. The minimum Gasteiger partial charge on any atom is -0.353 e. The van der Waals surface area contributed by atoms with Gasteiger partial charge in [0.2, 0.25) is 5.95 Å². The molecule has 0 amide bonds. The smallest absolute Gasteiger partial charge is 0.203 e. The van der Waals surface area contributed by atoms with Crippen LogP contribution in [-0.4, -0.2) is 15.6 Å². The number of benzene rings is 1. The van der Waals surface area contributed by atoms with Crippen molar-refractivity contribution in [2.45, 2.75) is 26.4 Å². The van der Waals surface area contributed by atoms with Crippen LogP contribution in [0.2, 0.25) is 5.02 Å². The predicted molar refractivity (Wildman–Crippen MR) is 71.5 cm³/mol. The number of anilines is 1. The maximum Gasteiger partial charge on any atom is 0.203 e. The number of aromatic nitrogens is 2. The van der Waals surface area contributed by atoms with Gasteiger partial charge < -0.3 is 9.88 Å². The Balaban J connectivity index is 2.19. The molecular weight excluding hydrogens is 234 g/mol. The Morgan fingerprint density at radius 3 is 2.82 bits per heavy atom. The molecule has 0 saturated heterocycles. The second kappa shape index (κ2) is 5.23. The molecule has 0 radical (unpaired) electrons. The summed E-state index contributed by atoms with van der Waals surface area (Å²) in [5.41, 5.74) is 1.10. The van der Waals surface area contributed by atoms with Gasteiger partial charge in [0.15, 0.2) is 0 Å². The Kier molecular flexibility index (Phi) is 3.69. The van der Waals surface area contributed by atoms with Gasteiger partial charge in [-0.25, -0.2) is 4.98 Å². The summed E-state index contributed by atoms with van der Waals surface area (Å²) in [7, 11) is 0. The monoisotopic (exact) mass is 249 g/mol. The maximum atomic E-state index is 6.15. The molecule has 0 aliphatic heterocycles. The molecule has 0 aliphatic rings. The van der Waals surface area contributed by atoms with E-state index in [4.69, 9.17) is 11.6 Å². The number of rotatable bonds is 4. The summed E-state index contributed by atoms with van der Waals surface area (Å²) in [6.45, 7) is 4.91. The van der Waals surface area contributed by atoms with Crippen molar-refractivity contribution in [2.75, 3.05) is 5.32 Å². The summed E-state index contributed by atoms with van der Waals surface area (Å²) < 4.78 is 2.06. The van der Waals surface area contributed by atoms with Crippen molar-refractivity contribution in [1.29, 1.82) is 0 Å². The molecule has 3 nitrogen and oxygen atoms in total. The molecule has 90 valence electrons. The Morgan fingerprint density at radius 2 is 2.12 bits per heavy atom. The molecule has 0 aliphatic carbocycles. The fourth-order valence-electron chi connectivity index (χ4n) is 1.65. The van der Waals surface area contributed by atoms with Gasteiger partial charge in [-0.15, -0.1) is 0 Å². The highest BCUT2D eigenvalue weighted by molar-refractivity contribution is 6.31. The Hall–Kier alpha value is -1.48. The van der Waals surface area contributed by atoms with E-state index < -0.39 is 0 Å². The first-order valence-electron chi connectivity index (χ1n) is 5.68. The first-order valence-corrected chi connectivity index (χ1v) is 6.05. The van der Waals surface area contributed by atoms with Crippen LogP contribution in [-0.2, 0) is 6.54 Å². The summed E-state index contributed by atoms with van der Waals surface area (Å²) in [4.78, 5) is 4.29. The van der Waals surface area contributed by atoms with Crippen molar-refractivity contribution in [3.05, 3.63) is 47.2 Å². The third-order valence-electron chi connectivity index (χ3n) is 2.43. The van der Waals surface area contributed by atoms with Crippen molar-refractivity contribution in [3.63, 3.8) is 0 Å². The lowest BCUT2D eigenvalue weighted by molar-refractivity contribution is 0.774. The summed E-state index contributed by atoms with van der Waals surface area (Å²) in [6, 6.07) is 8.23. The lowest BCUT2D eigenvalue weighted by atomic mass is 10.2. The van der Waals surface area contributed by atoms with E-state index in [0.717, 1.165) is 23.1 Å². The van der Waals surface area contributed by atoms with Gasteiger partial charge >= 0.3 is 0 Å². The fraction of sp³-hybridized carbons (Fsp3) is 0.308. The molecule has 0 saturated carbocycles. The highest BCUT2D eigenvalue weighted by Crippen LogP contribution is 2.18. The van der Waals surface area contributed by atoms with Crippen molar-refractivity contribution in [2.24, 2.45) is 0 Å². The molecular formula is C13H16ClN3. The van der Waals surface area contributed by atoms with Crippen LogP contribution in [0.3, 0.4) is 0 Å². The van der Waals surface area contributed by atoms with E-state index in [1.54, 1.807) is 6.20 Å². The van der Waals surface area contributed by atoms with Crippen LogP contribution >= 0.6 is 11.6 Å². The van der Waals surface area contributed by atoms with E-state index in [1.165, 1.54) is 0 Å². The molecule has 1 heterocycles. The zero-order valence-electron chi connectivity index (χ0n) is 10.0. The van der Waals surface area contributed by atoms with Gasteiger partial charge in [-0.3, -0.25) is 0 Å². The Bertz CT molecular complexity index is 491. The first kappa shape index (κ1) is 12.0. The molecule has 2 aromatic rings. The zero-order chi connectivity index (χ0) is 12.3. The first-order chi connectivity index (χ1) is 8.16. The number of nitrogens with one attached hydrogen (secondary N) is 1. The van der Waals surface area contributed by atoms with Gasteiger partial charge in [-0.05, 0) is 25.5 Å². The van der Waals surface area contributed by atoms with E-state index in [1.807, 2.05) is 30.5 Å². The highest BCUT2D eigenvalue weighted by Gasteiger charge is 2.06. The number of hydrogen-bond acceptors (Lipinski definition) is 2. The van der Waals surface area contributed by atoms with Gasteiger partial charge in [-0.1, -0.05) is 29.8 Å². The second-order valence-corrected chi connectivity index (χ2v) is 4.68. The number of hydrogen-bond donors (Lipinski definition) is 1. The lowest BCUT2D eigenvalue weighted by Crippen LogP contribution is -2.15. The van der Waals surface area contributed by atoms with Crippen molar-refractivity contribution in [1.82, 2.24) is 9.55 Å². The maximum absolute atomic E-state index is 6.15. The normalized spacial score (nSPS) is 10.8. The standard InChI is InChI=1S/C13H16ClN3/c1-10(2)16-13-15-7-8-17(13)9-11-5-3-4-6-12(11)14/h3-8,10H,9H2,1-2H3,(H,15,16). The summed E-state index contributed by atoms with van der Waals surface area (Å²) in [6.07, 6.45) is 3.75. The van der Waals surface area contributed by atoms with E-state index in [9.17, 15) is 0 Å². The minimum absolute atomic E-state index is 0.363. The molecule has 0 atom stereocenters. The molecule has 0 bridgehead atoms. The average molecular weight is 250 g/mol. The number of halogens is 1. The van der Waals surface area contributed by atoms with Crippen molar-refractivity contribution < 1.29 is 0 Å². The van der Waals surface area contributed by atoms with Crippen LogP contribution < -0.4 is 5.32 Å². The van der Waals surface area contributed by atoms with Crippen LogP contribution in [0.1, 0.15) is 19.4 Å². The highest BCUT2D eigenvalue weighted by atomic mass is 35.5. The fourth-order valence-corrected chi connectivity index (χ4v) is 1.84. The van der Waals surface area contributed by atoms with Gasteiger partial charge in [0.1, 0.15) is 0 Å². The number of nitrogens with zero attached hydrogens (tertiary/aromatic N) is 2. The SMILES string of the molecule is CC(C)Nc1nccn1Cc1ccccc1Cl. The molecule has 1 aromatic heterocycles. The van der Waals surface area contributed by atoms with Gasteiger partial charge in [0.05, 0.1) is 6.54 Å².